The van der Waals surface area contributed by atoms with Crippen molar-refractivity contribution in [3.63, 3.8) is 0 Å². The average molecular weight is 231 g/mol. The quantitative estimate of drug-likeness (QED) is 0.576. The van der Waals surface area contributed by atoms with Crippen LogP contribution in [-0.4, -0.2) is 51.2 Å². The van der Waals surface area contributed by atoms with Gasteiger partial charge in [-0.25, -0.2) is 0 Å². The summed E-state index contributed by atoms with van der Waals surface area (Å²) in [4.78, 5) is 0. The first-order chi connectivity index (χ1) is 7.83. The van der Waals surface area contributed by atoms with Crippen LogP contribution in [0.1, 0.15) is 25.7 Å². The van der Waals surface area contributed by atoms with Crippen LogP contribution >= 0.6 is 0 Å². The molecule has 1 saturated carbocycles. The van der Waals surface area contributed by atoms with Gasteiger partial charge < -0.3 is 19.9 Å². The Balaban J connectivity index is 1.87. The number of hydrogen-bond donors (Lipinski definition) is 2. The highest BCUT2D eigenvalue weighted by Crippen LogP contribution is 2.24. The molecule has 1 fully saturated rings. The van der Waals surface area contributed by atoms with Crippen LogP contribution in [0.15, 0.2) is 0 Å². The lowest BCUT2D eigenvalue weighted by Crippen LogP contribution is -2.32. The third kappa shape index (κ3) is 6.43. The van der Waals surface area contributed by atoms with E-state index in [1.54, 1.807) is 7.11 Å². The van der Waals surface area contributed by atoms with Gasteiger partial charge in [-0.1, -0.05) is 12.8 Å². The molecule has 16 heavy (non-hydrogen) atoms. The second-order valence-corrected chi connectivity index (χ2v) is 4.54. The van der Waals surface area contributed by atoms with Crippen molar-refractivity contribution in [1.82, 2.24) is 5.32 Å². The highest BCUT2D eigenvalue weighted by Gasteiger charge is 2.15. The summed E-state index contributed by atoms with van der Waals surface area (Å²) in [6.07, 6.45) is 4.87. The molecule has 1 unspecified atom stereocenters. The molecule has 0 amide bonds. The number of aliphatic hydroxyl groups is 1. The molecule has 0 saturated heterocycles. The van der Waals surface area contributed by atoms with E-state index in [0.29, 0.717) is 19.8 Å². The first kappa shape index (κ1) is 13.9. The lowest BCUT2D eigenvalue weighted by Gasteiger charge is -2.14. The lowest BCUT2D eigenvalue weighted by atomic mass is 10.1. The molecule has 0 bridgehead atoms. The van der Waals surface area contributed by atoms with Gasteiger partial charge in [-0.05, 0) is 18.8 Å². The predicted octanol–water partition coefficient (Wildman–Crippen LogP) is 0.790. The number of hydrogen-bond acceptors (Lipinski definition) is 4. The summed E-state index contributed by atoms with van der Waals surface area (Å²) < 4.78 is 10.4. The molecule has 0 aliphatic heterocycles. The maximum atomic E-state index is 9.59. The van der Waals surface area contributed by atoms with Crippen LogP contribution in [-0.2, 0) is 9.47 Å². The van der Waals surface area contributed by atoms with Gasteiger partial charge in [0.1, 0.15) is 0 Å². The number of methoxy groups -OCH3 is 1. The fourth-order valence-corrected chi connectivity index (χ4v) is 2.05. The van der Waals surface area contributed by atoms with Gasteiger partial charge in [0.25, 0.3) is 0 Å². The van der Waals surface area contributed by atoms with Gasteiger partial charge in [0, 0.05) is 26.8 Å². The van der Waals surface area contributed by atoms with E-state index in [0.717, 1.165) is 19.1 Å². The molecule has 0 aromatic rings. The van der Waals surface area contributed by atoms with Crippen LogP contribution in [0.25, 0.3) is 0 Å². The van der Waals surface area contributed by atoms with Crippen molar-refractivity contribution in [2.75, 3.05) is 40.0 Å². The Morgan fingerprint density at radius 3 is 2.81 bits per heavy atom. The van der Waals surface area contributed by atoms with E-state index in [4.69, 9.17) is 9.47 Å². The van der Waals surface area contributed by atoms with E-state index in [-0.39, 0.29) is 0 Å². The zero-order valence-corrected chi connectivity index (χ0v) is 10.3. The molecule has 0 aromatic heterocycles. The van der Waals surface area contributed by atoms with Crippen molar-refractivity contribution in [2.24, 2.45) is 5.92 Å². The topological polar surface area (TPSA) is 50.7 Å². The zero-order valence-electron chi connectivity index (χ0n) is 10.3. The third-order valence-corrected chi connectivity index (χ3v) is 3.00. The van der Waals surface area contributed by atoms with E-state index in [2.05, 4.69) is 5.32 Å². The van der Waals surface area contributed by atoms with Crippen LogP contribution < -0.4 is 5.32 Å². The predicted molar refractivity (Wildman–Crippen MR) is 63.5 cm³/mol. The van der Waals surface area contributed by atoms with Gasteiger partial charge in [-0.3, -0.25) is 0 Å². The van der Waals surface area contributed by atoms with Gasteiger partial charge in [0.2, 0.25) is 0 Å². The molecular formula is C12H25NO3. The Morgan fingerprint density at radius 2 is 2.12 bits per heavy atom. The largest absolute Gasteiger partial charge is 0.389 e. The first-order valence-electron chi connectivity index (χ1n) is 6.28. The van der Waals surface area contributed by atoms with Crippen molar-refractivity contribution in [2.45, 2.75) is 31.8 Å². The molecule has 2 N–H and O–H groups in total. The van der Waals surface area contributed by atoms with Gasteiger partial charge in [0.05, 0.1) is 19.3 Å². The van der Waals surface area contributed by atoms with Crippen LogP contribution in [0.4, 0.5) is 0 Å². The Bertz CT molecular complexity index is 160. The average Bonchev–Trinajstić information content (AvgIpc) is 2.77. The second kappa shape index (κ2) is 8.93. The highest BCUT2D eigenvalue weighted by molar-refractivity contribution is 4.67. The van der Waals surface area contributed by atoms with Crippen molar-refractivity contribution in [3.8, 4) is 0 Å². The standard InChI is InChI=1S/C12H25NO3/c1-15-7-6-13-8-12(14)10-16-9-11-4-2-3-5-11/h11-14H,2-10H2,1H3. The van der Waals surface area contributed by atoms with Crippen LogP contribution in [0.5, 0.6) is 0 Å². The van der Waals surface area contributed by atoms with Gasteiger partial charge in [-0.15, -0.1) is 0 Å². The second-order valence-electron chi connectivity index (χ2n) is 4.54. The fraction of sp³-hybridized carbons (Fsp3) is 1.00. The molecule has 1 aliphatic carbocycles. The van der Waals surface area contributed by atoms with Crippen LogP contribution in [0.2, 0.25) is 0 Å². The molecule has 1 atom stereocenters. The smallest absolute Gasteiger partial charge is 0.0897 e. The fourth-order valence-electron chi connectivity index (χ4n) is 2.05. The highest BCUT2D eigenvalue weighted by atomic mass is 16.5. The van der Waals surface area contributed by atoms with Crippen molar-refractivity contribution >= 4 is 0 Å². The van der Waals surface area contributed by atoms with Gasteiger partial charge >= 0.3 is 0 Å². The molecule has 0 aromatic carbocycles. The van der Waals surface area contributed by atoms with Crippen LogP contribution in [0.3, 0.4) is 0 Å². The number of aliphatic hydroxyl groups excluding tert-OH is 1. The summed E-state index contributed by atoms with van der Waals surface area (Å²) in [5.41, 5.74) is 0. The van der Waals surface area contributed by atoms with E-state index < -0.39 is 6.10 Å². The lowest BCUT2D eigenvalue weighted by molar-refractivity contribution is 0.0218. The summed E-state index contributed by atoms with van der Waals surface area (Å²) in [5, 5.41) is 12.7. The maximum Gasteiger partial charge on any atom is 0.0897 e. The van der Waals surface area contributed by atoms with Crippen molar-refractivity contribution in [1.29, 1.82) is 0 Å². The van der Waals surface area contributed by atoms with E-state index in [9.17, 15) is 5.11 Å². The maximum absolute atomic E-state index is 9.59. The Morgan fingerprint density at radius 1 is 1.38 bits per heavy atom. The summed E-state index contributed by atoms with van der Waals surface area (Å²) in [6.45, 7) is 3.28. The molecule has 0 spiro atoms. The summed E-state index contributed by atoms with van der Waals surface area (Å²) >= 11 is 0. The molecule has 1 aliphatic rings. The monoisotopic (exact) mass is 231 g/mol. The minimum Gasteiger partial charge on any atom is -0.389 e. The molecule has 0 heterocycles. The third-order valence-electron chi connectivity index (χ3n) is 3.00. The van der Waals surface area contributed by atoms with Crippen molar-refractivity contribution < 1.29 is 14.6 Å². The summed E-state index contributed by atoms with van der Waals surface area (Å²) in [6, 6.07) is 0. The zero-order chi connectivity index (χ0) is 11.6. The minimum atomic E-state index is -0.404. The van der Waals surface area contributed by atoms with Crippen LogP contribution in [0, 0.1) is 5.92 Å². The van der Waals surface area contributed by atoms with E-state index in [1.807, 2.05) is 0 Å². The molecule has 1 rings (SSSR count). The summed E-state index contributed by atoms with van der Waals surface area (Å²) in [7, 11) is 1.67. The normalized spacial score (nSPS) is 19.1. The summed E-state index contributed by atoms with van der Waals surface area (Å²) in [5.74, 6) is 0.730. The van der Waals surface area contributed by atoms with Crippen molar-refractivity contribution in [3.05, 3.63) is 0 Å². The first-order valence-corrected chi connectivity index (χ1v) is 6.28. The molecule has 4 heteroatoms. The Kier molecular flexibility index (Phi) is 7.76. The minimum absolute atomic E-state index is 0.404. The van der Waals surface area contributed by atoms with E-state index >= 15 is 0 Å². The number of nitrogens with one attached hydrogen (secondary N) is 1. The van der Waals surface area contributed by atoms with E-state index in [1.165, 1.54) is 25.7 Å². The number of ether oxygens (including phenoxy) is 2. The molecular weight excluding hydrogens is 206 g/mol. The number of rotatable bonds is 9. The molecule has 4 nitrogen and oxygen atoms in total. The van der Waals surface area contributed by atoms with Gasteiger partial charge in [0.15, 0.2) is 0 Å². The Hall–Kier alpha value is -0.160. The molecule has 0 radical (unpaired) electrons. The SMILES string of the molecule is COCCNCC(O)COCC1CCCC1. The van der Waals surface area contributed by atoms with Gasteiger partial charge in [-0.2, -0.15) is 0 Å². The Labute approximate surface area is 98.3 Å². The molecule has 96 valence electrons.